The summed E-state index contributed by atoms with van der Waals surface area (Å²) in [6, 6.07) is 3.50. The maximum Gasteiger partial charge on any atom is 0.166 e. The van der Waals surface area contributed by atoms with Crippen LogP contribution in [0.2, 0.25) is 0 Å². The van der Waals surface area contributed by atoms with E-state index in [1.165, 1.54) is 19.3 Å². The van der Waals surface area contributed by atoms with Crippen molar-refractivity contribution < 1.29 is 4.79 Å². The molecule has 0 aromatic carbocycles. The molecule has 0 radical (unpaired) electrons. The number of aromatic nitrogens is 1. The van der Waals surface area contributed by atoms with E-state index in [0.29, 0.717) is 5.69 Å². The van der Waals surface area contributed by atoms with Gasteiger partial charge in [-0.15, -0.1) is 0 Å². The number of carbonyl (C=O) groups excluding carboxylic acids is 1. The first-order valence-electron chi connectivity index (χ1n) is 5.48. The topological polar surface area (TPSA) is 32.9 Å². The van der Waals surface area contributed by atoms with Crippen molar-refractivity contribution in [3.8, 4) is 0 Å². The van der Waals surface area contributed by atoms with Crippen LogP contribution in [0.4, 0.5) is 0 Å². The van der Waals surface area contributed by atoms with Gasteiger partial charge in [-0.1, -0.05) is 18.6 Å². The molecule has 82 valence electrons. The van der Waals surface area contributed by atoms with Crippen LogP contribution in [0.15, 0.2) is 30.0 Å². The molecule has 0 spiro atoms. The molecule has 15 heavy (non-hydrogen) atoms. The minimum absolute atomic E-state index is 0.625. The maximum atomic E-state index is 9.84. The third kappa shape index (κ3) is 4.63. The Morgan fingerprint density at radius 2 is 2.33 bits per heavy atom. The van der Waals surface area contributed by atoms with Gasteiger partial charge in [0.15, 0.2) is 6.29 Å². The highest BCUT2D eigenvalue weighted by Crippen LogP contribution is 2.21. The molecule has 2 nitrogen and oxygen atoms in total. The average Bonchev–Trinajstić information content (AvgIpc) is 2.70. The molecular formula is C13H19NO. The lowest BCUT2D eigenvalue weighted by molar-refractivity contribution is 0.111. The van der Waals surface area contributed by atoms with Crippen LogP contribution in [0.25, 0.3) is 0 Å². The van der Waals surface area contributed by atoms with Crippen molar-refractivity contribution in [3.63, 3.8) is 0 Å². The Morgan fingerprint density at radius 1 is 1.53 bits per heavy atom. The molecule has 1 aromatic rings. The molecule has 0 saturated heterocycles. The predicted octanol–water partition coefficient (Wildman–Crippen LogP) is 3.58. The predicted molar refractivity (Wildman–Crippen MR) is 63.0 cm³/mol. The van der Waals surface area contributed by atoms with Gasteiger partial charge in [-0.2, -0.15) is 0 Å². The van der Waals surface area contributed by atoms with Crippen molar-refractivity contribution in [2.75, 3.05) is 0 Å². The summed E-state index contributed by atoms with van der Waals surface area (Å²) in [5, 5.41) is 0. The van der Waals surface area contributed by atoms with Crippen molar-refractivity contribution in [1.82, 2.24) is 4.98 Å². The summed E-state index contributed by atoms with van der Waals surface area (Å²) in [6.45, 7) is 4.53. The van der Waals surface area contributed by atoms with Crippen molar-refractivity contribution in [1.29, 1.82) is 0 Å². The fourth-order valence-corrected chi connectivity index (χ4v) is 1.77. The molecular weight excluding hydrogens is 186 g/mol. The molecule has 2 heteroatoms. The van der Waals surface area contributed by atoms with Gasteiger partial charge in [0.05, 0.1) is 5.69 Å². The Kier molecular flexibility index (Phi) is 4.88. The smallest absolute Gasteiger partial charge is 0.166 e. The minimum atomic E-state index is 0.625. The Labute approximate surface area is 91.4 Å². The first kappa shape index (κ1) is 11.8. The summed E-state index contributed by atoms with van der Waals surface area (Å²) < 4.78 is 0. The zero-order valence-corrected chi connectivity index (χ0v) is 9.49. The van der Waals surface area contributed by atoms with E-state index in [9.17, 15) is 4.79 Å². The van der Waals surface area contributed by atoms with Crippen molar-refractivity contribution in [3.05, 3.63) is 35.7 Å². The lowest BCUT2D eigenvalue weighted by Gasteiger charge is -2.13. The highest BCUT2D eigenvalue weighted by Gasteiger charge is 2.04. The first-order chi connectivity index (χ1) is 7.22. The summed E-state index contributed by atoms with van der Waals surface area (Å²) in [4.78, 5) is 12.6. The average molecular weight is 205 g/mol. The summed E-state index contributed by atoms with van der Waals surface area (Å²) in [5.74, 6) is 0.851. The fraction of sp³-hybridized carbons (Fsp3) is 0.462. The van der Waals surface area contributed by atoms with Crippen molar-refractivity contribution >= 4 is 6.29 Å². The van der Waals surface area contributed by atoms with Gasteiger partial charge < -0.3 is 4.98 Å². The van der Waals surface area contributed by atoms with Crippen molar-refractivity contribution in [2.24, 2.45) is 5.92 Å². The zero-order valence-electron chi connectivity index (χ0n) is 9.49. The second-order valence-electron chi connectivity index (χ2n) is 4.13. The van der Waals surface area contributed by atoms with E-state index >= 15 is 0 Å². The Balaban J connectivity index is 0.000000151. The summed E-state index contributed by atoms with van der Waals surface area (Å²) in [6.07, 6.45) is 9.03. The van der Waals surface area contributed by atoms with Crippen LogP contribution < -0.4 is 0 Å². The molecule has 1 aliphatic rings. The molecule has 0 aliphatic heterocycles. The number of aldehydes is 1. The third-order valence-corrected chi connectivity index (χ3v) is 2.55. The SMILES string of the molecule is CC1=CC(C)CCC1.O=Cc1ccc[nH]1. The lowest BCUT2D eigenvalue weighted by atomic mass is 9.93. The largest absolute Gasteiger partial charge is 0.359 e. The Bertz CT molecular complexity index is 311. The van der Waals surface area contributed by atoms with Crippen LogP contribution in [0, 0.1) is 5.92 Å². The molecule has 0 fully saturated rings. The minimum Gasteiger partial charge on any atom is -0.359 e. The van der Waals surface area contributed by atoms with E-state index < -0.39 is 0 Å². The van der Waals surface area contributed by atoms with E-state index in [2.05, 4.69) is 24.9 Å². The molecule has 1 heterocycles. The molecule has 0 amide bonds. The van der Waals surface area contributed by atoms with Gasteiger partial charge >= 0.3 is 0 Å². The highest BCUT2D eigenvalue weighted by molar-refractivity contribution is 5.71. The summed E-state index contributed by atoms with van der Waals surface area (Å²) >= 11 is 0. The van der Waals surface area contributed by atoms with Gasteiger partial charge in [0.1, 0.15) is 0 Å². The summed E-state index contributed by atoms with van der Waals surface area (Å²) in [5.41, 5.74) is 2.21. The lowest BCUT2D eigenvalue weighted by Crippen LogP contribution is -1.97. The Morgan fingerprint density at radius 3 is 2.67 bits per heavy atom. The second kappa shape index (κ2) is 6.23. The number of hydrogen-bond donors (Lipinski definition) is 1. The maximum absolute atomic E-state index is 9.84. The molecule has 2 rings (SSSR count). The van der Waals surface area contributed by atoms with Crippen LogP contribution in [0.1, 0.15) is 43.6 Å². The molecule has 1 aliphatic carbocycles. The van der Waals surface area contributed by atoms with Gasteiger partial charge in [-0.3, -0.25) is 4.79 Å². The fourth-order valence-electron chi connectivity index (χ4n) is 1.77. The van der Waals surface area contributed by atoms with Gasteiger partial charge in [-0.05, 0) is 44.2 Å². The number of allylic oxidation sites excluding steroid dienone is 2. The molecule has 1 aromatic heterocycles. The van der Waals surface area contributed by atoms with E-state index in [1.807, 2.05) is 0 Å². The number of hydrogen-bond acceptors (Lipinski definition) is 1. The summed E-state index contributed by atoms with van der Waals surface area (Å²) in [7, 11) is 0. The van der Waals surface area contributed by atoms with Crippen LogP contribution in [-0.2, 0) is 0 Å². The molecule has 0 bridgehead atoms. The van der Waals surface area contributed by atoms with Crippen molar-refractivity contribution in [2.45, 2.75) is 33.1 Å². The van der Waals surface area contributed by atoms with Gasteiger partial charge in [0.2, 0.25) is 0 Å². The second-order valence-corrected chi connectivity index (χ2v) is 4.13. The van der Waals surface area contributed by atoms with E-state index in [0.717, 1.165) is 12.2 Å². The van der Waals surface area contributed by atoms with Crippen LogP contribution in [0.3, 0.4) is 0 Å². The number of rotatable bonds is 1. The van der Waals surface area contributed by atoms with E-state index in [-0.39, 0.29) is 0 Å². The molecule has 1 N–H and O–H groups in total. The van der Waals surface area contributed by atoms with E-state index in [4.69, 9.17) is 0 Å². The highest BCUT2D eigenvalue weighted by atomic mass is 16.1. The number of carbonyl (C=O) groups is 1. The number of nitrogens with one attached hydrogen (secondary N) is 1. The molecule has 1 unspecified atom stereocenters. The quantitative estimate of drug-likeness (QED) is 0.551. The third-order valence-electron chi connectivity index (χ3n) is 2.55. The number of aromatic amines is 1. The van der Waals surface area contributed by atoms with Gasteiger partial charge in [0, 0.05) is 6.20 Å². The normalized spacial score (nSPS) is 19.9. The standard InChI is InChI=1S/C8H14.C5H5NO/c1-7-4-3-5-8(2)6-7;7-4-5-2-1-3-6-5/h6-7H,3-5H2,1-2H3;1-4,6H. The van der Waals surface area contributed by atoms with Gasteiger partial charge in [-0.25, -0.2) is 0 Å². The van der Waals surface area contributed by atoms with E-state index in [1.54, 1.807) is 23.9 Å². The zero-order chi connectivity index (χ0) is 11.1. The van der Waals surface area contributed by atoms with Crippen LogP contribution >= 0.6 is 0 Å². The molecule has 1 atom stereocenters. The van der Waals surface area contributed by atoms with Crippen LogP contribution in [0.5, 0.6) is 0 Å². The van der Waals surface area contributed by atoms with Crippen LogP contribution in [-0.4, -0.2) is 11.3 Å². The first-order valence-corrected chi connectivity index (χ1v) is 5.48. The number of H-pyrrole nitrogens is 1. The monoisotopic (exact) mass is 205 g/mol. The van der Waals surface area contributed by atoms with Gasteiger partial charge in [0.25, 0.3) is 0 Å². The Hall–Kier alpha value is -1.31. The molecule has 0 saturated carbocycles.